The third-order valence-corrected chi connectivity index (χ3v) is 2.26. The van der Waals surface area contributed by atoms with E-state index < -0.39 is 12.5 Å². The molecule has 0 radical (unpaired) electrons. The second-order valence-corrected chi connectivity index (χ2v) is 3.46. The molecule has 2 nitrogen and oxygen atoms in total. The maximum atomic E-state index is 11.9. The molecule has 1 atom stereocenters. The number of nitrogens with two attached hydrogens (primary N) is 1. The smallest absolute Gasteiger partial charge is 0.239 e. The minimum Gasteiger partial charge on any atom is -0.394 e. The number of benzene rings is 1. The van der Waals surface area contributed by atoms with E-state index in [1.54, 1.807) is 24.3 Å². The van der Waals surface area contributed by atoms with Crippen molar-refractivity contribution in [3.8, 4) is 0 Å². The summed E-state index contributed by atoms with van der Waals surface area (Å²) in [4.78, 5) is 0. The lowest BCUT2D eigenvalue weighted by Crippen LogP contribution is -2.14. The van der Waals surface area contributed by atoms with E-state index in [0.29, 0.717) is 6.42 Å². The van der Waals surface area contributed by atoms with Gasteiger partial charge in [-0.05, 0) is 17.5 Å². The van der Waals surface area contributed by atoms with E-state index in [1.807, 2.05) is 0 Å². The van der Waals surface area contributed by atoms with Crippen molar-refractivity contribution < 1.29 is 13.9 Å². The van der Waals surface area contributed by atoms with Crippen molar-refractivity contribution in [1.29, 1.82) is 0 Å². The molecule has 0 saturated carbocycles. The van der Waals surface area contributed by atoms with Crippen LogP contribution < -0.4 is 5.73 Å². The summed E-state index contributed by atoms with van der Waals surface area (Å²) in [6, 6.07) is 6.68. The van der Waals surface area contributed by atoms with Crippen LogP contribution in [0.15, 0.2) is 24.3 Å². The molecule has 0 bridgehead atoms. The fourth-order valence-corrected chi connectivity index (χ4v) is 1.31. The lowest BCUT2D eigenvalue weighted by atomic mass is 10.0. The molecule has 4 heteroatoms. The van der Waals surface area contributed by atoms with Crippen LogP contribution in [0, 0.1) is 0 Å². The van der Waals surface area contributed by atoms with Crippen LogP contribution in [0.3, 0.4) is 0 Å². The highest BCUT2D eigenvalue weighted by atomic mass is 19.3. The molecule has 0 saturated heterocycles. The maximum Gasteiger partial charge on any atom is 0.239 e. The third kappa shape index (κ3) is 3.93. The number of hydrogen-bond acceptors (Lipinski definition) is 2. The number of alkyl halides is 2. The molecule has 84 valence electrons. The molecule has 3 N–H and O–H groups in total. The highest BCUT2D eigenvalue weighted by molar-refractivity contribution is 5.25. The van der Waals surface area contributed by atoms with Crippen LogP contribution in [-0.4, -0.2) is 18.1 Å². The number of aliphatic hydroxyl groups excluding tert-OH is 1. The Kier molecular flexibility index (Phi) is 4.65. The Hall–Kier alpha value is -1.00. The molecule has 0 aliphatic heterocycles. The molecule has 0 aliphatic rings. The van der Waals surface area contributed by atoms with E-state index >= 15 is 0 Å². The molecule has 1 aromatic rings. The molecule has 15 heavy (non-hydrogen) atoms. The monoisotopic (exact) mass is 215 g/mol. The first-order chi connectivity index (χ1) is 7.13. The van der Waals surface area contributed by atoms with E-state index in [4.69, 9.17) is 10.8 Å². The molecule has 0 aliphatic carbocycles. The van der Waals surface area contributed by atoms with Crippen molar-refractivity contribution in [3.63, 3.8) is 0 Å². The first-order valence-electron chi connectivity index (χ1n) is 4.87. The van der Waals surface area contributed by atoms with Gasteiger partial charge in [0.05, 0.1) is 12.6 Å². The van der Waals surface area contributed by atoms with Crippen LogP contribution in [0.5, 0.6) is 0 Å². The third-order valence-electron chi connectivity index (χ3n) is 2.26. The summed E-state index contributed by atoms with van der Waals surface area (Å²) in [6.07, 6.45) is -2.01. The van der Waals surface area contributed by atoms with Gasteiger partial charge in [0.1, 0.15) is 0 Å². The Morgan fingerprint density at radius 2 is 1.80 bits per heavy atom. The fourth-order valence-electron chi connectivity index (χ4n) is 1.31. The van der Waals surface area contributed by atoms with Gasteiger partial charge in [0, 0.05) is 6.42 Å². The summed E-state index contributed by atoms with van der Waals surface area (Å²) in [5, 5.41) is 8.81. The SMILES string of the molecule is NC(CO)c1ccc(CCC(F)F)cc1. The number of aliphatic hydroxyl groups is 1. The molecular formula is C11H15F2NO. The van der Waals surface area contributed by atoms with Gasteiger partial charge >= 0.3 is 0 Å². The highest BCUT2D eigenvalue weighted by Crippen LogP contribution is 2.13. The van der Waals surface area contributed by atoms with E-state index in [-0.39, 0.29) is 13.0 Å². The summed E-state index contributed by atoms with van der Waals surface area (Å²) < 4.78 is 23.9. The van der Waals surface area contributed by atoms with E-state index in [0.717, 1.165) is 11.1 Å². The Morgan fingerprint density at radius 1 is 1.20 bits per heavy atom. The lowest BCUT2D eigenvalue weighted by Gasteiger charge is -2.09. The Bertz CT molecular complexity index is 287. The zero-order valence-electron chi connectivity index (χ0n) is 8.37. The molecule has 1 unspecified atom stereocenters. The van der Waals surface area contributed by atoms with Gasteiger partial charge in [-0.1, -0.05) is 24.3 Å². The van der Waals surface area contributed by atoms with Gasteiger partial charge in [0.2, 0.25) is 6.43 Å². The van der Waals surface area contributed by atoms with Crippen molar-refractivity contribution in [3.05, 3.63) is 35.4 Å². The maximum absolute atomic E-state index is 11.9. The summed E-state index contributed by atoms with van der Waals surface area (Å²) in [7, 11) is 0. The molecule has 0 aromatic heterocycles. The average molecular weight is 215 g/mol. The second-order valence-electron chi connectivity index (χ2n) is 3.46. The van der Waals surface area contributed by atoms with Crippen LogP contribution in [0.25, 0.3) is 0 Å². The Balaban J connectivity index is 2.56. The van der Waals surface area contributed by atoms with Crippen molar-refractivity contribution in [2.45, 2.75) is 25.3 Å². The van der Waals surface area contributed by atoms with Crippen LogP contribution in [0.4, 0.5) is 8.78 Å². The van der Waals surface area contributed by atoms with Gasteiger partial charge in [-0.25, -0.2) is 8.78 Å². The zero-order chi connectivity index (χ0) is 11.3. The fraction of sp³-hybridized carbons (Fsp3) is 0.455. The topological polar surface area (TPSA) is 46.2 Å². The molecule has 0 heterocycles. The quantitative estimate of drug-likeness (QED) is 0.787. The summed E-state index contributed by atoms with van der Waals surface area (Å²) in [5.41, 5.74) is 7.28. The summed E-state index contributed by atoms with van der Waals surface area (Å²) in [6.45, 7) is -0.115. The Labute approximate surface area is 87.7 Å². The summed E-state index contributed by atoms with van der Waals surface area (Å²) >= 11 is 0. The van der Waals surface area contributed by atoms with Gasteiger partial charge in [-0.3, -0.25) is 0 Å². The molecule has 0 spiro atoms. The number of halogens is 2. The normalized spacial score (nSPS) is 13.1. The van der Waals surface area contributed by atoms with Gasteiger partial charge in [0.15, 0.2) is 0 Å². The van der Waals surface area contributed by atoms with Crippen LogP contribution in [0.2, 0.25) is 0 Å². The molecular weight excluding hydrogens is 200 g/mol. The zero-order valence-corrected chi connectivity index (χ0v) is 8.37. The van der Waals surface area contributed by atoms with Crippen LogP contribution in [-0.2, 0) is 6.42 Å². The molecule has 1 rings (SSSR count). The van der Waals surface area contributed by atoms with Gasteiger partial charge < -0.3 is 10.8 Å². The Morgan fingerprint density at radius 3 is 2.27 bits per heavy atom. The number of hydrogen-bond donors (Lipinski definition) is 2. The predicted octanol–water partition coefficient (Wildman–Crippen LogP) is 1.88. The first-order valence-corrected chi connectivity index (χ1v) is 4.87. The van der Waals surface area contributed by atoms with E-state index in [1.165, 1.54) is 0 Å². The standard InChI is InChI=1S/C11H15F2NO/c12-11(13)6-3-8-1-4-9(5-2-8)10(14)7-15/h1-2,4-5,10-11,15H,3,6-7,14H2. The van der Waals surface area contributed by atoms with Crippen LogP contribution >= 0.6 is 0 Å². The first kappa shape index (κ1) is 12.1. The van der Waals surface area contributed by atoms with Crippen molar-refractivity contribution in [2.24, 2.45) is 5.73 Å². The largest absolute Gasteiger partial charge is 0.394 e. The van der Waals surface area contributed by atoms with Crippen molar-refractivity contribution in [2.75, 3.05) is 6.61 Å². The van der Waals surface area contributed by atoms with Gasteiger partial charge in [-0.2, -0.15) is 0 Å². The lowest BCUT2D eigenvalue weighted by molar-refractivity contribution is 0.138. The number of rotatable bonds is 5. The predicted molar refractivity (Wildman–Crippen MR) is 54.8 cm³/mol. The molecule has 0 fully saturated rings. The van der Waals surface area contributed by atoms with Crippen molar-refractivity contribution >= 4 is 0 Å². The van der Waals surface area contributed by atoms with Gasteiger partial charge in [0.25, 0.3) is 0 Å². The molecule has 1 aromatic carbocycles. The molecule has 0 amide bonds. The average Bonchev–Trinajstić information content (AvgIpc) is 2.26. The van der Waals surface area contributed by atoms with Crippen LogP contribution in [0.1, 0.15) is 23.6 Å². The second kappa shape index (κ2) is 5.78. The summed E-state index contributed by atoms with van der Waals surface area (Å²) in [5.74, 6) is 0. The highest BCUT2D eigenvalue weighted by Gasteiger charge is 2.05. The van der Waals surface area contributed by atoms with E-state index in [9.17, 15) is 8.78 Å². The van der Waals surface area contributed by atoms with Gasteiger partial charge in [-0.15, -0.1) is 0 Å². The minimum absolute atomic E-state index is 0.115. The minimum atomic E-state index is -2.26. The number of aryl methyl sites for hydroxylation is 1. The van der Waals surface area contributed by atoms with E-state index in [2.05, 4.69) is 0 Å². The van der Waals surface area contributed by atoms with Crippen molar-refractivity contribution in [1.82, 2.24) is 0 Å².